The maximum absolute atomic E-state index is 9.51. The minimum Gasteiger partial charge on any atom is -0.508 e. The molecule has 0 atom stereocenters. The Hall–Kier alpha value is -2.97. The average Bonchev–Trinajstić information content (AvgIpc) is 2.38. The standard InChI is InChI=1S/C13H10N4O/c1-8-9(2)13(18)4-3-11(8)17-12(7-16)10(5-14)6-15/h3-4,17-18H,1-2H3. The Morgan fingerprint density at radius 2 is 1.67 bits per heavy atom. The van der Waals surface area contributed by atoms with Crippen molar-refractivity contribution in [3.63, 3.8) is 0 Å². The Bertz CT molecular complexity index is 623. The summed E-state index contributed by atoms with van der Waals surface area (Å²) in [5, 5.41) is 38.6. The normalized spacial score (nSPS) is 8.61. The van der Waals surface area contributed by atoms with E-state index in [2.05, 4.69) is 5.32 Å². The molecule has 0 bridgehead atoms. The lowest BCUT2D eigenvalue weighted by Crippen LogP contribution is -2.03. The van der Waals surface area contributed by atoms with Gasteiger partial charge >= 0.3 is 0 Å². The highest BCUT2D eigenvalue weighted by Gasteiger charge is 2.10. The Balaban J connectivity index is 3.26. The number of hydrogen-bond donors (Lipinski definition) is 2. The molecule has 5 heteroatoms. The van der Waals surface area contributed by atoms with Gasteiger partial charge in [-0.2, -0.15) is 15.8 Å². The van der Waals surface area contributed by atoms with Gasteiger partial charge in [-0.3, -0.25) is 0 Å². The second-order valence-corrected chi connectivity index (χ2v) is 3.59. The summed E-state index contributed by atoms with van der Waals surface area (Å²) >= 11 is 0. The number of nitriles is 3. The number of aromatic hydroxyl groups is 1. The molecule has 0 aliphatic carbocycles. The van der Waals surface area contributed by atoms with Crippen molar-refractivity contribution < 1.29 is 5.11 Å². The maximum Gasteiger partial charge on any atom is 0.163 e. The second-order valence-electron chi connectivity index (χ2n) is 3.59. The topological polar surface area (TPSA) is 104 Å². The van der Waals surface area contributed by atoms with E-state index in [-0.39, 0.29) is 17.0 Å². The SMILES string of the molecule is Cc1c(O)ccc(NC(C#N)=C(C#N)C#N)c1C. The van der Waals surface area contributed by atoms with Gasteiger partial charge in [0.05, 0.1) is 0 Å². The van der Waals surface area contributed by atoms with Crippen molar-refractivity contribution in [3.05, 3.63) is 34.5 Å². The van der Waals surface area contributed by atoms with Crippen LogP contribution in [-0.4, -0.2) is 5.11 Å². The van der Waals surface area contributed by atoms with Crippen molar-refractivity contribution in [1.29, 1.82) is 15.8 Å². The molecular formula is C13H10N4O. The number of benzene rings is 1. The maximum atomic E-state index is 9.51. The Morgan fingerprint density at radius 3 is 2.17 bits per heavy atom. The third kappa shape index (κ3) is 2.40. The van der Waals surface area contributed by atoms with Crippen molar-refractivity contribution in [2.45, 2.75) is 13.8 Å². The van der Waals surface area contributed by atoms with E-state index in [0.717, 1.165) is 5.56 Å². The molecule has 0 saturated carbocycles. The van der Waals surface area contributed by atoms with Gasteiger partial charge in [0.2, 0.25) is 0 Å². The fourth-order valence-corrected chi connectivity index (χ4v) is 1.36. The molecule has 1 aromatic rings. The zero-order chi connectivity index (χ0) is 13.7. The third-order valence-corrected chi connectivity index (χ3v) is 2.60. The summed E-state index contributed by atoms with van der Waals surface area (Å²) < 4.78 is 0. The Labute approximate surface area is 105 Å². The molecule has 88 valence electrons. The molecule has 1 aromatic carbocycles. The predicted molar refractivity (Wildman–Crippen MR) is 65.1 cm³/mol. The highest BCUT2D eigenvalue weighted by Crippen LogP contribution is 2.27. The van der Waals surface area contributed by atoms with Crippen LogP contribution in [0.25, 0.3) is 0 Å². The Kier molecular flexibility index (Phi) is 3.92. The van der Waals surface area contributed by atoms with E-state index in [0.29, 0.717) is 11.3 Å². The van der Waals surface area contributed by atoms with Gasteiger partial charge in [0.1, 0.15) is 29.7 Å². The zero-order valence-corrected chi connectivity index (χ0v) is 9.94. The summed E-state index contributed by atoms with van der Waals surface area (Å²) in [7, 11) is 0. The summed E-state index contributed by atoms with van der Waals surface area (Å²) in [6, 6.07) is 8.15. The number of nitrogens with zero attached hydrogens (tertiary/aromatic N) is 3. The van der Waals surface area contributed by atoms with E-state index in [4.69, 9.17) is 15.8 Å². The first-order chi connectivity index (χ1) is 8.54. The predicted octanol–water partition coefficient (Wildman–Crippen LogP) is 2.25. The summed E-state index contributed by atoms with van der Waals surface area (Å²) in [6.07, 6.45) is 0. The Morgan fingerprint density at radius 1 is 1.06 bits per heavy atom. The van der Waals surface area contributed by atoms with Gasteiger partial charge < -0.3 is 10.4 Å². The van der Waals surface area contributed by atoms with Crippen LogP contribution in [0.3, 0.4) is 0 Å². The van der Waals surface area contributed by atoms with E-state index < -0.39 is 0 Å². The largest absolute Gasteiger partial charge is 0.508 e. The minimum absolute atomic E-state index is 0.104. The molecule has 0 unspecified atom stereocenters. The van der Waals surface area contributed by atoms with Crippen LogP contribution in [0.2, 0.25) is 0 Å². The quantitative estimate of drug-likeness (QED) is 0.607. The molecule has 0 spiro atoms. The smallest absolute Gasteiger partial charge is 0.163 e. The van der Waals surface area contributed by atoms with Gasteiger partial charge in [0.15, 0.2) is 5.57 Å². The summed E-state index contributed by atoms with van der Waals surface area (Å²) in [4.78, 5) is 0. The van der Waals surface area contributed by atoms with Crippen molar-refractivity contribution >= 4 is 5.69 Å². The first-order valence-corrected chi connectivity index (χ1v) is 5.06. The number of allylic oxidation sites excluding steroid dienone is 2. The van der Waals surface area contributed by atoms with Crippen LogP contribution in [-0.2, 0) is 0 Å². The van der Waals surface area contributed by atoms with E-state index in [1.165, 1.54) is 6.07 Å². The van der Waals surface area contributed by atoms with Gasteiger partial charge in [-0.15, -0.1) is 0 Å². The summed E-state index contributed by atoms with van der Waals surface area (Å²) in [6.45, 7) is 3.51. The molecule has 0 aliphatic rings. The zero-order valence-electron chi connectivity index (χ0n) is 9.94. The fourth-order valence-electron chi connectivity index (χ4n) is 1.36. The van der Waals surface area contributed by atoms with Crippen molar-refractivity contribution in [3.8, 4) is 24.0 Å². The van der Waals surface area contributed by atoms with Crippen LogP contribution in [0.5, 0.6) is 5.75 Å². The van der Waals surface area contributed by atoms with Crippen LogP contribution in [0.15, 0.2) is 23.4 Å². The number of phenolic OH excluding ortho intramolecular Hbond substituents is 1. The summed E-state index contributed by atoms with van der Waals surface area (Å²) in [5.74, 6) is 0.154. The highest BCUT2D eigenvalue weighted by molar-refractivity contribution is 5.64. The molecule has 2 N–H and O–H groups in total. The summed E-state index contributed by atoms with van der Waals surface area (Å²) in [5.41, 5.74) is 1.62. The first kappa shape index (κ1) is 13.1. The minimum atomic E-state index is -0.275. The molecule has 5 nitrogen and oxygen atoms in total. The molecule has 0 amide bonds. The fraction of sp³-hybridized carbons (Fsp3) is 0.154. The van der Waals surface area contributed by atoms with Gasteiger partial charge in [0, 0.05) is 5.69 Å². The number of anilines is 1. The lowest BCUT2D eigenvalue weighted by molar-refractivity contribution is 0.470. The number of rotatable bonds is 2. The second kappa shape index (κ2) is 5.39. The average molecular weight is 238 g/mol. The van der Waals surface area contributed by atoms with E-state index in [9.17, 15) is 5.11 Å². The van der Waals surface area contributed by atoms with Gasteiger partial charge in [-0.1, -0.05) is 0 Å². The molecule has 0 aromatic heterocycles. The molecular weight excluding hydrogens is 228 g/mol. The third-order valence-electron chi connectivity index (χ3n) is 2.60. The van der Waals surface area contributed by atoms with Crippen LogP contribution in [0, 0.1) is 47.8 Å². The van der Waals surface area contributed by atoms with Gasteiger partial charge in [-0.05, 0) is 37.1 Å². The molecule has 0 aliphatic heterocycles. The highest BCUT2D eigenvalue weighted by atomic mass is 16.3. The molecule has 18 heavy (non-hydrogen) atoms. The van der Waals surface area contributed by atoms with Crippen LogP contribution in [0.4, 0.5) is 5.69 Å². The van der Waals surface area contributed by atoms with E-state index in [1.807, 2.05) is 0 Å². The van der Waals surface area contributed by atoms with Crippen molar-refractivity contribution in [2.75, 3.05) is 5.32 Å². The van der Waals surface area contributed by atoms with Crippen LogP contribution < -0.4 is 5.32 Å². The first-order valence-electron chi connectivity index (χ1n) is 5.06. The molecule has 0 heterocycles. The van der Waals surface area contributed by atoms with Gasteiger partial charge in [-0.25, -0.2) is 0 Å². The number of phenols is 1. The van der Waals surface area contributed by atoms with E-state index >= 15 is 0 Å². The van der Waals surface area contributed by atoms with Crippen molar-refractivity contribution in [2.24, 2.45) is 0 Å². The van der Waals surface area contributed by atoms with Crippen molar-refractivity contribution in [1.82, 2.24) is 0 Å². The van der Waals surface area contributed by atoms with E-state index in [1.54, 1.807) is 38.1 Å². The van der Waals surface area contributed by atoms with Crippen LogP contribution in [0.1, 0.15) is 11.1 Å². The number of nitrogens with one attached hydrogen (secondary N) is 1. The lowest BCUT2D eigenvalue weighted by Gasteiger charge is -2.11. The number of hydrogen-bond acceptors (Lipinski definition) is 5. The molecule has 1 rings (SSSR count). The molecule has 0 radical (unpaired) electrons. The van der Waals surface area contributed by atoms with Crippen LogP contribution >= 0.6 is 0 Å². The molecule has 0 fully saturated rings. The molecule has 0 saturated heterocycles. The monoisotopic (exact) mass is 238 g/mol. The lowest BCUT2D eigenvalue weighted by atomic mass is 10.1. The van der Waals surface area contributed by atoms with Gasteiger partial charge in [0.25, 0.3) is 0 Å².